The minimum atomic E-state index is -4.12. The van der Waals surface area contributed by atoms with Gasteiger partial charge in [0.1, 0.15) is 0 Å². The van der Waals surface area contributed by atoms with Crippen molar-refractivity contribution in [3.8, 4) is 0 Å². The lowest BCUT2D eigenvalue weighted by molar-refractivity contribution is -0.0311. The third kappa shape index (κ3) is 5.44. The molecule has 0 amide bonds. The van der Waals surface area contributed by atoms with Crippen molar-refractivity contribution in [2.75, 3.05) is 5.75 Å². The summed E-state index contributed by atoms with van der Waals surface area (Å²) in [5.74, 6) is 0.480. The summed E-state index contributed by atoms with van der Waals surface area (Å²) in [6.07, 6.45) is 0.675. The van der Waals surface area contributed by atoms with E-state index in [1.807, 2.05) is 30.3 Å². The van der Waals surface area contributed by atoms with E-state index in [1.165, 1.54) is 0 Å². The van der Waals surface area contributed by atoms with Crippen molar-refractivity contribution in [1.82, 2.24) is 0 Å². The third-order valence-electron chi connectivity index (χ3n) is 1.47. The molecule has 0 fully saturated rings. The van der Waals surface area contributed by atoms with E-state index in [9.17, 15) is 13.2 Å². The van der Waals surface area contributed by atoms with Gasteiger partial charge in [-0.15, -0.1) is 0 Å². The largest absolute Gasteiger partial charge is 0.452 e. The number of benzene rings is 1. The molecule has 0 N–H and O–H groups in total. The fraction of sp³-hybridized carbons (Fsp3) is 0.333. The molecule has 0 aliphatic carbocycles. The second-order valence-electron chi connectivity index (χ2n) is 2.59. The first-order chi connectivity index (χ1) is 6.58. The predicted molar refractivity (Wildman–Crippen MR) is 56.3 cm³/mol. The molecule has 78 valence electrons. The zero-order valence-corrected chi connectivity index (χ0v) is 8.88. The van der Waals surface area contributed by atoms with Gasteiger partial charge in [0.2, 0.25) is 0 Å². The molecular weight excluding hydrogens is 229 g/mol. The number of alkyl halides is 3. The average molecular weight is 238 g/mol. The molecular formula is C9H9F3S2. The summed E-state index contributed by atoms with van der Waals surface area (Å²) in [7, 11) is 0.816. The summed E-state index contributed by atoms with van der Waals surface area (Å²) in [5, 5.41) is 0. The molecule has 0 aliphatic rings. The molecule has 0 nitrogen and oxygen atoms in total. The van der Waals surface area contributed by atoms with Gasteiger partial charge in [-0.25, -0.2) is 0 Å². The zero-order valence-electron chi connectivity index (χ0n) is 7.25. The van der Waals surface area contributed by atoms with Gasteiger partial charge in [-0.2, -0.15) is 13.2 Å². The van der Waals surface area contributed by atoms with Crippen LogP contribution in [0.4, 0.5) is 13.2 Å². The van der Waals surface area contributed by atoms with E-state index in [0.717, 1.165) is 16.4 Å². The Hall–Kier alpha value is -0.290. The highest BCUT2D eigenvalue weighted by Crippen LogP contribution is 2.39. The summed E-state index contributed by atoms with van der Waals surface area (Å²) < 4.78 is 35.2. The van der Waals surface area contributed by atoms with Crippen LogP contribution in [0.15, 0.2) is 30.3 Å². The molecule has 0 atom stereocenters. The highest BCUT2D eigenvalue weighted by molar-refractivity contribution is 8.77. The van der Waals surface area contributed by atoms with E-state index in [2.05, 4.69) is 0 Å². The molecule has 5 heteroatoms. The van der Waals surface area contributed by atoms with Crippen molar-refractivity contribution in [2.24, 2.45) is 0 Å². The van der Waals surface area contributed by atoms with Crippen molar-refractivity contribution < 1.29 is 13.2 Å². The van der Waals surface area contributed by atoms with Crippen LogP contribution in [0.1, 0.15) is 5.56 Å². The fourth-order valence-corrected chi connectivity index (χ4v) is 2.35. The van der Waals surface area contributed by atoms with Crippen LogP contribution in [0.3, 0.4) is 0 Å². The van der Waals surface area contributed by atoms with E-state index in [-0.39, 0.29) is 10.8 Å². The summed E-state index contributed by atoms with van der Waals surface area (Å²) in [5.41, 5.74) is -3.05. The molecule has 0 saturated carbocycles. The monoisotopic (exact) mass is 238 g/mol. The topological polar surface area (TPSA) is 0 Å². The standard InChI is InChI=1S/C9H9F3S2/c10-9(11,12)14-13-7-6-8-4-2-1-3-5-8/h1-5H,6-7H2. The Balaban J connectivity index is 2.17. The van der Waals surface area contributed by atoms with Gasteiger partial charge in [0.15, 0.2) is 0 Å². The van der Waals surface area contributed by atoms with Gasteiger partial charge in [0.05, 0.1) is 0 Å². The zero-order chi connectivity index (χ0) is 10.4. The Morgan fingerprint density at radius 3 is 2.29 bits per heavy atom. The van der Waals surface area contributed by atoms with Gasteiger partial charge in [-0.3, -0.25) is 0 Å². The number of rotatable bonds is 4. The van der Waals surface area contributed by atoms with Crippen molar-refractivity contribution in [2.45, 2.75) is 11.9 Å². The van der Waals surface area contributed by atoms with Crippen LogP contribution < -0.4 is 0 Å². The van der Waals surface area contributed by atoms with Crippen molar-refractivity contribution in [3.63, 3.8) is 0 Å². The Kier molecular flexibility index (Phi) is 4.68. The van der Waals surface area contributed by atoms with Crippen LogP contribution in [-0.2, 0) is 6.42 Å². The minimum absolute atomic E-state index is 0.0305. The van der Waals surface area contributed by atoms with Crippen molar-refractivity contribution in [1.29, 1.82) is 0 Å². The van der Waals surface area contributed by atoms with Gasteiger partial charge >= 0.3 is 5.51 Å². The van der Waals surface area contributed by atoms with E-state index in [4.69, 9.17) is 0 Å². The van der Waals surface area contributed by atoms with Gasteiger partial charge in [-0.1, -0.05) is 41.1 Å². The molecule has 0 radical (unpaired) electrons. The maximum atomic E-state index is 11.7. The summed E-state index contributed by atoms with van der Waals surface area (Å²) in [4.78, 5) is 0. The Bertz CT molecular complexity index is 259. The van der Waals surface area contributed by atoms with Crippen LogP contribution in [0.25, 0.3) is 0 Å². The summed E-state index contributed by atoms with van der Waals surface area (Å²) in [6, 6.07) is 9.49. The lowest BCUT2D eigenvalue weighted by atomic mass is 10.2. The summed E-state index contributed by atoms with van der Waals surface area (Å²) in [6.45, 7) is 0. The Morgan fingerprint density at radius 2 is 1.71 bits per heavy atom. The molecule has 0 unspecified atom stereocenters. The molecule has 0 spiro atoms. The number of aryl methyl sites for hydroxylation is 1. The van der Waals surface area contributed by atoms with E-state index >= 15 is 0 Å². The minimum Gasteiger partial charge on any atom is -0.160 e. The quantitative estimate of drug-likeness (QED) is 0.571. The van der Waals surface area contributed by atoms with Crippen LogP contribution >= 0.6 is 21.6 Å². The SMILES string of the molecule is FC(F)(F)SSCCc1ccccc1. The molecule has 14 heavy (non-hydrogen) atoms. The second kappa shape index (κ2) is 5.56. The lowest BCUT2D eigenvalue weighted by Crippen LogP contribution is -1.97. The lowest BCUT2D eigenvalue weighted by Gasteiger charge is -2.04. The highest BCUT2D eigenvalue weighted by Gasteiger charge is 2.28. The third-order valence-corrected chi connectivity index (χ3v) is 3.57. The number of hydrogen-bond donors (Lipinski definition) is 0. The molecule has 0 bridgehead atoms. The van der Waals surface area contributed by atoms with Crippen molar-refractivity contribution in [3.05, 3.63) is 35.9 Å². The molecule has 1 aromatic carbocycles. The van der Waals surface area contributed by atoms with E-state index in [1.54, 1.807) is 0 Å². The predicted octanol–water partition coefficient (Wildman–Crippen LogP) is 4.13. The average Bonchev–Trinajstić information content (AvgIpc) is 2.13. The van der Waals surface area contributed by atoms with Crippen LogP contribution in [0.2, 0.25) is 0 Å². The molecule has 1 rings (SSSR count). The normalized spacial score (nSPS) is 11.6. The maximum Gasteiger partial charge on any atom is 0.452 e. The Labute approximate surface area is 88.7 Å². The molecule has 0 aromatic heterocycles. The highest BCUT2D eigenvalue weighted by atomic mass is 33.1. The van der Waals surface area contributed by atoms with Gasteiger partial charge in [0.25, 0.3) is 0 Å². The van der Waals surface area contributed by atoms with Gasteiger partial charge in [-0.05, 0) is 12.0 Å². The number of hydrogen-bond acceptors (Lipinski definition) is 2. The molecule has 0 heterocycles. The van der Waals surface area contributed by atoms with Gasteiger partial charge < -0.3 is 0 Å². The van der Waals surface area contributed by atoms with Crippen LogP contribution in [-0.4, -0.2) is 11.3 Å². The Morgan fingerprint density at radius 1 is 1.07 bits per heavy atom. The van der Waals surface area contributed by atoms with E-state index < -0.39 is 5.51 Å². The van der Waals surface area contributed by atoms with E-state index in [0.29, 0.717) is 12.2 Å². The maximum absolute atomic E-state index is 11.7. The van der Waals surface area contributed by atoms with Gasteiger partial charge in [0, 0.05) is 16.5 Å². The molecule has 0 aliphatic heterocycles. The molecule has 0 saturated heterocycles. The summed E-state index contributed by atoms with van der Waals surface area (Å²) >= 11 is 0. The smallest absolute Gasteiger partial charge is 0.160 e. The molecule has 1 aromatic rings. The first-order valence-electron chi connectivity index (χ1n) is 3.99. The first kappa shape index (κ1) is 11.8. The number of halogens is 3. The van der Waals surface area contributed by atoms with Crippen LogP contribution in [0, 0.1) is 0 Å². The first-order valence-corrected chi connectivity index (χ1v) is 6.31. The second-order valence-corrected chi connectivity index (χ2v) is 5.07. The van der Waals surface area contributed by atoms with Crippen LogP contribution in [0.5, 0.6) is 0 Å². The fourth-order valence-electron chi connectivity index (χ4n) is 0.913. The van der Waals surface area contributed by atoms with Crippen molar-refractivity contribution >= 4 is 21.6 Å².